The molecule has 0 bridgehead atoms. The Morgan fingerprint density at radius 2 is 1.72 bits per heavy atom. The maximum Gasteiger partial charge on any atom is 0.339 e. The average molecular weight is 825 g/mol. The van der Waals surface area contributed by atoms with E-state index in [0.717, 1.165) is 75.4 Å². The lowest BCUT2D eigenvalue weighted by atomic mass is 9.32. The molecular weight excluding hydrogens is 761 g/mol. The van der Waals surface area contributed by atoms with Crippen molar-refractivity contribution in [3.8, 4) is 0 Å². The summed E-state index contributed by atoms with van der Waals surface area (Å²) in [7, 11) is 0. The molecule has 2 aromatic rings. The van der Waals surface area contributed by atoms with Gasteiger partial charge in [-0.05, 0) is 106 Å². The van der Waals surface area contributed by atoms with Gasteiger partial charge in [0.25, 0.3) is 0 Å². The number of hydrogen-bond donors (Lipinski definition) is 3. The van der Waals surface area contributed by atoms with Gasteiger partial charge in [0.1, 0.15) is 30.2 Å². The average Bonchev–Trinajstić information content (AvgIpc) is 3.50. The zero-order valence-electron chi connectivity index (χ0n) is 35.6. The number of nitrogens with one attached hydrogen (secondary N) is 2. The summed E-state index contributed by atoms with van der Waals surface area (Å²) in [5.41, 5.74) is -2.75. The van der Waals surface area contributed by atoms with Crippen molar-refractivity contribution in [2.45, 2.75) is 152 Å². The van der Waals surface area contributed by atoms with Crippen LogP contribution in [-0.2, 0) is 46.2 Å². The smallest absolute Gasteiger partial charge is 0.339 e. The molecule has 6 heterocycles. The predicted molar refractivity (Wildman–Crippen MR) is 219 cm³/mol. The number of aryl methyl sites for hydroxylation is 1. The van der Waals surface area contributed by atoms with Crippen LogP contribution in [0.25, 0.3) is 0 Å². The normalized spacial score (nSPS) is 46.6. The number of rotatable bonds is 8. The summed E-state index contributed by atoms with van der Waals surface area (Å²) in [6.07, 6.45) is 10.7. The van der Waals surface area contributed by atoms with E-state index < -0.39 is 63.8 Å². The van der Waals surface area contributed by atoms with E-state index in [1.54, 1.807) is 6.26 Å². The van der Waals surface area contributed by atoms with E-state index in [9.17, 15) is 14.7 Å². The number of carbonyl (C=O) groups is 3. The van der Waals surface area contributed by atoms with E-state index in [4.69, 9.17) is 23.4 Å². The summed E-state index contributed by atoms with van der Waals surface area (Å²) in [4.78, 5) is 43.1. The molecule has 13 atom stereocenters. The van der Waals surface area contributed by atoms with Crippen molar-refractivity contribution < 1.29 is 42.9 Å². The van der Waals surface area contributed by atoms with Crippen molar-refractivity contribution in [3.05, 3.63) is 59.5 Å². The first-order valence-corrected chi connectivity index (χ1v) is 23.4. The van der Waals surface area contributed by atoms with Crippen LogP contribution in [0.4, 0.5) is 0 Å². The Balaban J connectivity index is 0.979. The number of epoxide rings is 1. The number of aliphatic hydroxyl groups excluding tert-OH is 1. The van der Waals surface area contributed by atoms with Gasteiger partial charge >= 0.3 is 11.9 Å². The molecule has 2 spiro atoms. The van der Waals surface area contributed by atoms with Crippen molar-refractivity contribution in [1.29, 1.82) is 0 Å². The number of furan rings is 1. The molecule has 324 valence electrons. The predicted octanol–water partition coefficient (Wildman–Crippen LogP) is 6.40. The number of fused-ring (bicyclic) bond motifs is 1. The number of ether oxygens (including phenoxy) is 4. The Morgan fingerprint density at radius 3 is 2.50 bits per heavy atom. The molecule has 4 saturated carbocycles. The van der Waals surface area contributed by atoms with Crippen LogP contribution in [0.15, 0.2) is 47.1 Å². The Kier molecular flexibility index (Phi) is 9.41. The first kappa shape index (κ1) is 39.7. The largest absolute Gasteiger partial charge is 0.469 e. The van der Waals surface area contributed by atoms with Crippen molar-refractivity contribution >= 4 is 17.7 Å². The SMILES string of the molecule is CC1(C)O[C@H]2CC(=O)OC[C@@]23[C@@H]1C(=O)[C@@H](O)[C@]1([C@H]2CCC[C@H](Cc4ccccc4)C2)[C@@H]3CC[C@@]2(C)[C@H](c3ccoc3CCC3CCC([C@H]4CNCN4)CC3)OC(=O)[C@H]3O[C@@]312. The number of hydrogen-bond acceptors (Lipinski definition) is 11. The minimum absolute atomic E-state index is 0.0584. The minimum Gasteiger partial charge on any atom is -0.469 e. The Bertz CT molecular complexity index is 2000. The summed E-state index contributed by atoms with van der Waals surface area (Å²) in [6, 6.07) is 13.1. The van der Waals surface area contributed by atoms with E-state index in [-0.39, 0.29) is 36.6 Å². The summed E-state index contributed by atoms with van der Waals surface area (Å²) in [5, 5.41) is 20.4. The fraction of sp³-hybridized carbons (Fsp3) is 0.735. The van der Waals surface area contributed by atoms with Gasteiger partial charge in [-0.15, -0.1) is 0 Å². The van der Waals surface area contributed by atoms with Crippen molar-refractivity contribution in [2.24, 2.45) is 51.8 Å². The number of carbonyl (C=O) groups excluding carboxylic acids is 3. The van der Waals surface area contributed by atoms with E-state index in [0.29, 0.717) is 30.7 Å². The van der Waals surface area contributed by atoms with Gasteiger partial charge in [0.05, 0.1) is 30.3 Å². The maximum absolute atomic E-state index is 15.5. The van der Waals surface area contributed by atoms with Gasteiger partial charge in [0, 0.05) is 47.5 Å². The molecular formula is C49H64N2O9. The fourth-order valence-corrected chi connectivity index (χ4v) is 16.1. The Labute approximate surface area is 353 Å². The molecule has 9 aliphatic rings. The molecule has 11 rings (SSSR count). The second-order valence-electron chi connectivity index (χ2n) is 21.4. The lowest BCUT2D eigenvalue weighted by Crippen LogP contribution is -2.79. The van der Waals surface area contributed by atoms with Crippen molar-refractivity contribution in [2.75, 3.05) is 19.8 Å². The lowest BCUT2D eigenvalue weighted by Gasteiger charge is -2.70. The number of esters is 2. The summed E-state index contributed by atoms with van der Waals surface area (Å²) >= 11 is 0. The second-order valence-corrected chi connectivity index (χ2v) is 21.4. The molecule has 0 radical (unpaired) electrons. The number of Topliss-reactive ketones (excluding diaryl/α,β-unsaturated/α-hetero) is 1. The highest BCUT2D eigenvalue weighted by Crippen LogP contribution is 2.82. The standard InChI is InChI=1S/C49H64N2O9/c1-45(2)40-39(53)41(54)48(32-11-7-10-30(23-32)22-29-8-5-4-6-9-29)36(47(40)26-57-38(52)24-37(47)59-45)18-20-46(3)42(58-44(55)43-49(46,48)60-43)33-19-21-56-35(33)17-14-28-12-15-31(16-13-28)34-25-50-27-51-34/h4-6,8-9,19,21,28,30-32,34,36-37,40-43,50-51,54H,7,10-18,20,22-27H2,1-3H3/t28?,30-,31?,32+,34-,36-,37+,40-,41-,42+,43-,46+,47+,48+,49-/m1/s1. The molecule has 0 unspecified atom stereocenters. The monoisotopic (exact) mass is 824 g/mol. The van der Waals surface area contributed by atoms with Crippen LogP contribution < -0.4 is 10.6 Å². The highest BCUT2D eigenvalue weighted by Gasteiger charge is 2.92. The third-order valence-electron chi connectivity index (χ3n) is 18.4. The van der Waals surface area contributed by atoms with Crippen LogP contribution in [0.5, 0.6) is 0 Å². The van der Waals surface area contributed by atoms with Gasteiger partial charge in [-0.25, -0.2) is 4.79 Å². The van der Waals surface area contributed by atoms with Crippen LogP contribution in [0.1, 0.15) is 121 Å². The molecule has 11 heteroatoms. The molecule has 1 aromatic carbocycles. The minimum atomic E-state index is -1.40. The molecule has 0 amide bonds. The van der Waals surface area contributed by atoms with Crippen molar-refractivity contribution in [1.82, 2.24) is 10.6 Å². The molecule has 9 fully saturated rings. The number of aliphatic hydroxyl groups is 1. The van der Waals surface area contributed by atoms with Gasteiger partial charge in [-0.3, -0.25) is 9.59 Å². The topological polar surface area (TPSA) is 149 Å². The van der Waals surface area contributed by atoms with Crippen LogP contribution in [0, 0.1) is 51.8 Å². The van der Waals surface area contributed by atoms with E-state index in [1.165, 1.54) is 31.2 Å². The molecule has 11 nitrogen and oxygen atoms in total. The maximum atomic E-state index is 15.5. The van der Waals surface area contributed by atoms with E-state index >= 15 is 4.79 Å². The molecule has 4 aliphatic carbocycles. The zero-order valence-corrected chi connectivity index (χ0v) is 35.6. The number of ketones is 1. The van der Waals surface area contributed by atoms with Gasteiger partial charge in [-0.1, -0.05) is 62.9 Å². The first-order valence-electron chi connectivity index (χ1n) is 23.4. The number of cyclic esters (lactones) is 2. The summed E-state index contributed by atoms with van der Waals surface area (Å²) < 4.78 is 32.8. The van der Waals surface area contributed by atoms with Crippen LogP contribution in [0.2, 0.25) is 0 Å². The number of benzene rings is 1. The fourth-order valence-electron chi connectivity index (χ4n) is 16.1. The van der Waals surface area contributed by atoms with Gasteiger partial charge < -0.3 is 39.1 Å². The van der Waals surface area contributed by atoms with Crippen LogP contribution >= 0.6 is 0 Å². The summed E-state index contributed by atoms with van der Waals surface area (Å²) in [6.45, 7) is 8.08. The first-order chi connectivity index (χ1) is 28.9. The molecule has 3 N–H and O–H groups in total. The Hall–Kier alpha value is -3.09. The van der Waals surface area contributed by atoms with Gasteiger partial charge in [-0.2, -0.15) is 0 Å². The van der Waals surface area contributed by atoms with E-state index in [1.807, 2.05) is 26.0 Å². The highest BCUT2D eigenvalue weighted by atomic mass is 16.7. The zero-order chi connectivity index (χ0) is 41.2. The third kappa shape index (κ3) is 5.46. The summed E-state index contributed by atoms with van der Waals surface area (Å²) in [5.74, 6) is 0.385. The van der Waals surface area contributed by atoms with Gasteiger partial charge in [0.2, 0.25) is 0 Å². The van der Waals surface area contributed by atoms with Crippen LogP contribution in [0.3, 0.4) is 0 Å². The molecule has 5 saturated heterocycles. The lowest BCUT2D eigenvalue weighted by molar-refractivity contribution is -0.276. The second kappa shape index (κ2) is 14.2. The van der Waals surface area contributed by atoms with Crippen LogP contribution in [-0.4, -0.2) is 78.2 Å². The molecule has 5 aliphatic heterocycles. The molecule has 60 heavy (non-hydrogen) atoms. The third-order valence-corrected chi connectivity index (χ3v) is 18.4. The van der Waals surface area contributed by atoms with E-state index in [2.05, 4.69) is 41.8 Å². The quantitative estimate of drug-likeness (QED) is 0.201. The highest BCUT2D eigenvalue weighted by molar-refractivity contribution is 5.92. The molecule has 1 aromatic heterocycles. The Morgan fingerprint density at radius 1 is 0.900 bits per heavy atom. The van der Waals surface area contributed by atoms with Gasteiger partial charge in [0.15, 0.2) is 11.9 Å². The van der Waals surface area contributed by atoms with Crippen molar-refractivity contribution in [3.63, 3.8) is 0 Å².